The zero-order valence-corrected chi connectivity index (χ0v) is 11.7. The lowest BCUT2D eigenvalue weighted by atomic mass is 9.90. The van der Waals surface area contributed by atoms with E-state index >= 15 is 0 Å². The summed E-state index contributed by atoms with van der Waals surface area (Å²) in [6, 6.07) is 2.72. The maximum Gasteiger partial charge on any atom is 0.306 e. The minimum Gasteiger partial charge on any atom is -0.465 e. The number of ketones is 1. The standard InChI is InChI=1S/C15H16F2O4/c1-15(7-20-8-15)9-21-14(19)5-4-13(18)11-3-2-10(16)6-12(11)17/h2-3,6H,4-5,7-9H2,1H3. The fourth-order valence-electron chi connectivity index (χ4n) is 1.93. The Balaban J connectivity index is 1.79. The molecule has 0 bridgehead atoms. The lowest BCUT2D eigenvalue weighted by Crippen LogP contribution is -2.44. The van der Waals surface area contributed by atoms with Crippen LogP contribution in [0.5, 0.6) is 0 Å². The predicted octanol–water partition coefficient (Wildman–Crippen LogP) is 2.51. The van der Waals surface area contributed by atoms with Gasteiger partial charge in [0.25, 0.3) is 0 Å². The Kier molecular flexibility index (Phi) is 4.67. The highest BCUT2D eigenvalue weighted by Gasteiger charge is 2.34. The molecule has 0 amide bonds. The molecule has 0 unspecified atom stereocenters. The minimum atomic E-state index is -0.924. The van der Waals surface area contributed by atoms with Crippen LogP contribution in [-0.2, 0) is 14.3 Å². The number of Topliss-reactive ketones (excluding diaryl/α,β-unsaturated/α-hetero) is 1. The molecule has 0 aliphatic carbocycles. The molecule has 1 aromatic rings. The summed E-state index contributed by atoms with van der Waals surface area (Å²) < 4.78 is 36.2. The van der Waals surface area contributed by atoms with Crippen LogP contribution in [0.2, 0.25) is 0 Å². The molecule has 0 spiro atoms. The Hall–Kier alpha value is -1.82. The first-order valence-corrected chi connectivity index (χ1v) is 6.61. The van der Waals surface area contributed by atoms with Crippen molar-refractivity contribution in [3.05, 3.63) is 35.4 Å². The first-order valence-electron chi connectivity index (χ1n) is 6.61. The van der Waals surface area contributed by atoms with Gasteiger partial charge in [0, 0.05) is 17.9 Å². The van der Waals surface area contributed by atoms with Crippen molar-refractivity contribution in [3.8, 4) is 0 Å². The van der Waals surface area contributed by atoms with E-state index in [1.807, 2.05) is 6.92 Å². The monoisotopic (exact) mass is 298 g/mol. The number of esters is 1. The Bertz CT molecular complexity index is 553. The summed E-state index contributed by atoms with van der Waals surface area (Å²) >= 11 is 0. The van der Waals surface area contributed by atoms with Crippen molar-refractivity contribution in [1.29, 1.82) is 0 Å². The molecule has 1 aliphatic rings. The molecule has 0 aromatic heterocycles. The largest absolute Gasteiger partial charge is 0.465 e. The summed E-state index contributed by atoms with van der Waals surface area (Å²) in [5.41, 5.74) is -0.369. The van der Waals surface area contributed by atoms with E-state index < -0.39 is 23.4 Å². The van der Waals surface area contributed by atoms with Crippen LogP contribution < -0.4 is 0 Å². The normalized spacial score (nSPS) is 16.1. The van der Waals surface area contributed by atoms with Crippen LogP contribution in [0.15, 0.2) is 18.2 Å². The second kappa shape index (κ2) is 6.30. The van der Waals surface area contributed by atoms with Gasteiger partial charge in [-0.2, -0.15) is 0 Å². The summed E-state index contributed by atoms with van der Waals surface area (Å²) in [5.74, 6) is -2.74. The average molecular weight is 298 g/mol. The number of rotatable bonds is 6. The maximum absolute atomic E-state index is 13.4. The van der Waals surface area contributed by atoms with E-state index in [9.17, 15) is 18.4 Å². The van der Waals surface area contributed by atoms with Gasteiger partial charge in [0.1, 0.15) is 18.2 Å². The van der Waals surface area contributed by atoms with Crippen molar-refractivity contribution in [2.75, 3.05) is 19.8 Å². The number of ether oxygens (including phenoxy) is 2. The van der Waals surface area contributed by atoms with E-state index in [4.69, 9.17) is 9.47 Å². The number of hydrogen-bond donors (Lipinski definition) is 0. The van der Waals surface area contributed by atoms with Gasteiger partial charge in [0.2, 0.25) is 0 Å². The molecule has 0 saturated carbocycles. The molecular weight excluding hydrogens is 282 g/mol. The van der Waals surface area contributed by atoms with E-state index in [1.165, 1.54) is 0 Å². The molecule has 1 aliphatic heterocycles. The molecule has 1 aromatic carbocycles. The first-order chi connectivity index (χ1) is 9.89. The molecule has 6 heteroatoms. The van der Waals surface area contributed by atoms with Gasteiger partial charge in [-0.25, -0.2) is 8.78 Å². The van der Waals surface area contributed by atoms with Gasteiger partial charge < -0.3 is 9.47 Å². The Labute approximate surface area is 121 Å². The molecule has 4 nitrogen and oxygen atoms in total. The summed E-state index contributed by atoms with van der Waals surface area (Å²) in [4.78, 5) is 23.3. The van der Waals surface area contributed by atoms with Crippen LogP contribution in [-0.4, -0.2) is 31.6 Å². The Morgan fingerprint density at radius 3 is 2.57 bits per heavy atom. The molecule has 0 atom stereocenters. The highest BCUT2D eigenvalue weighted by atomic mass is 19.1. The van der Waals surface area contributed by atoms with Crippen molar-refractivity contribution >= 4 is 11.8 Å². The third-order valence-corrected chi connectivity index (χ3v) is 3.27. The number of hydrogen-bond acceptors (Lipinski definition) is 4. The Morgan fingerprint density at radius 1 is 1.29 bits per heavy atom. The summed E-state index contributed by atoms with van der Waals surface area (Å²) in [6.45, 7) is 3.26. The predicted molar refractivity (Wildman–Crippen MR) is 69.8 cm³/mol. The van der Waals surface area contributed by atoms with Gasteiger partial charge in [-0.15, -0.1) is 0 Å². The molecule has 2 rings (SSSR count). The zero-order chi connectivity index (χ0) is 15.5. The van der Waals surface area contributed by atoms with Gasteiger partial charge in [-0.3, -0.25) is 9.59 Å². The summed E-state index contributed by atoms with van der Waals surface area (Å²) in [5, 5.41) is 0. The van der Waals surface area contributed by atoms with Crippen molar-refractivity contribution < 1.29 is 27.8 Å². The molecule has 1 saturated heterocycles. The molecule has 1 heterocycles. The van der Waals surface area contributed by atoms with Gasteiger partial charge in [0.05, 0.1) is 25.2 Å². The molecule has 114 valence electrons. The van der Waals surface area contributed by atoms with E-state index in [0.717, 1.165) is 12.1 Å². The molecule has 21 heavy (non-hydrogen) atoms. The third kappa shape index (κ3) is 4.07. The van der Waals surface area contributed by atoms with Crippen LogP contribution in [0.4, 0.5) is 8.78 Å². The van der Waals surface area contributed by atoms with Crippen LogP contribution in [0.25, 0.3) is 0 Å². The molecule has 1 fully saturated rings. The summed E-state index contributed by atoms with van der Waals surface area (Å²) in [6.07, 6.45) is -0.304. The van der Waals surface area contributed by atoms with Crippen molar-refractivity contribution in [3.63, 3.8) is 0 Å². The molecular formula is C15H16F2O4. The maximum atomic E-state index is 13.4. The first kappa shape index (κ1) is 15.6. The second-order valence-corrected chi connectivity index (χ2v) is 5.51. The van der Waals surface area contributed by atoms with Gasteiger partial charge in [-0.05, 0) is 12.1 Å². The number of carbonyl (C=O) groups is 2. The average Bonchev–Trinajstić information content (AvgIpc) is 2.40. The lowest BCUT2D eigenvalue weighted by molar-refractivity contribution is -0.165. The van der Waals surface area contributed by atoms with Crippen LogP contribution >= 0.6 is 0 Å². The van der Waals surface area contributed by atoms with Gasteiger partial charge >= 0.3 is 5.97 Å². The van der Waals surface area contributed by atoms with E-state index in [-0.39, 0.29) is 30.4 Å². The lowest BCUT2D eigenvalue weighted by Gasteiger charge is -2.37. The number of halogens is 2. The quantitative estimate of drug-likeness (QED) is 0.598. The van der Waals surface area contributed by atoms with Crippen LogP contribution in [0, 0.1) is 17.0 Å². The van der Waals surface area contributed by atoms with E-state index in [2.05, 4.69) is 0 Å². The van der Waals surface area contributed by atoms with Crippen molar-refractivity contribution in [1.82, 2.24) is 0 Å². The highest BCUT2D eigenvalue weighted by Crippen LogP contribution is 2.26. The van der Waals surface area contributed by atoms with Crippen LogP contribution in [0.1, 0.15) is 30.1 Å². The third-order valence-electron chi connectivity index (χ3n) is 3.27. The topological polar surface area (TPSA) is 52.6 Å². The Morgan fingerprint density at radius 2 is 2.00 bits per heavy atom. The molecule has 0 N–H and O–H groups in total. The number of carbonyl (C=O) groups excluding carboxylic acids is 2. The van der Waals surface area contributed by atoms with Gasteiger partial charge in [-0.1, -0.05) is 6.92 Å². The van der Waals surface area contributed by atoms with E-state index in [1.54, 1.807) is 0 Å². The smallest absolute Gasteiger partial charge is 0.306 e. The fourth-order valence-corrected chi connectivity index (χ4v) is 1.93. The van der Waals surface area contributed by atoms with Gasteiger partial charge in [0.15, 0.2) is 5.78 Å². The number of benzene rings is 1. The highest BCUT2D eigenvalue weighted by molar-refractivity contribution is 5.97. The minimum absolute atomic E-state index is 0.132. The van der Waals surface area contributed by atoms with Crippen molar-refractivity contribution in [2.24, 2.45) is 5.41 Å². The zero-order valence-electron chi connectivity index (χ0n) is 11.7. The SMILES string of the molecule is CC1(COC(=O)CCC(=O)c2ccc(F)cc2F)COC1. The second-order valence-electron chi connectivity index (χ2n) is 5.51. The van der Waals surface area contributed by atoms with Crippen LogP contribution in [0.3, 0.4) is 0 Å². The fraction of sp³-hybridized carbons (Fsp3) is 0.467. The summed E-state index contributed by atoms with van der Waals surface area (Å²) in [7, 11) is 0. The molecule has 0 radical (unpaired) electrons. The van der Waals surface area contributed by atoms with Crippen molar-refractivity contribution in [2.45, 2.75) is 19.8 Å². The van der Waals surface area contributed by atoms with E-state index in [0.29, 0.717) is 19.3 Å².